The van der Waals surface area contributed by atoms with Crippen molar-refractivity contribution in [2.24, 2.45) is 0 Å². The Morgan fingerprint density at radius 2 is 2.12 bits per heavy atom. The second kappa shape index (κ2) is 6.40. The largest absolute Gasteiger partial charge is 0.346 e. The van der Waals surface area contributed by atoms with E-state index in [4.69, 9.17) is 12.2 Å². The van der Waals surface area contributed by atoms with Crippen molar-refractivity contribution < 1.29 is 0 Å². The van der Waals surface area contributed by atoms with Crippen LogP contribution in [0.25, 0.3) is 0 Å². The van der Waals surface area contributed by atoms with E-state index in [1.54, 1.807) is 0 Å². The van der Waals surface area contributed by atoms with Crippen LogP contribution in [-0.4, -0.2) is 15.2 Å². The lowest BCUT2D eigenvalue weighted by Crippen LogP contribution is -2.03. The molecule has 0 saturated carbocycles. The van der Waals surface area contributed by atoms with Gasteiger partial charge < -0.3 is 4.98 Å². The second-order valence-electron chi connectivity index (χ2n) is 3.98. The zero-order valence-electron chi connectivity index (χ0n) is 10.5. The number of aromatic nitrogens is 2. The molecule has 1 unspecified atom stereocenters. The second-order valence-corrected chi connectivity index (χ2v) is 5.79. The van der Waals surface area contributed by atoms with Gasteiger partial charge in [-0.3, -0.25) is 0 Å². The third-order valence-corrected chi connectivity index (χ3v) is 4.39. The number of nitrogens with zero attached hydrogens (tertiary/aromatic N) is 1. The Bertz CT molecular complexity index is 398. The molecule has 1 aromatic rings. The van der Waals surface area contributed by atoms with Crippen LogP contribution in [0.5, 0.6) is 0 Å². The zero-order valence-corrected chi connectivity index (χ0v) is 12.1. The molecule has 0 radical (unpaired) electrons. The van der Waals surface area contributed by atoms with Crippen LogP contribution in [0.2, 0.25) is 0 Å². The number of aromatic amines is 1. The Hall–Kier alpha value is -0.350. The summed E-state index contributed by atoms with van der Waals surface area (Å²) in [5.74, 6) is 1.92. The number of hydrogen-bond acceptors (Lipinski definition) is 3. The topological polar surface area (TPSA) is 28.7 Å². The fourth-order valence-corrected chi connectivity index (χ4v) is 2.72. The molecule has 0 aromatic carbocycles. The van der Waals surface area contributed by atoms with Crippen molar-refractivity contribution in [3.8, 4) is 0 Å². The van der Waals surface area contributed by atoms with Gasteiger partial charge in [-0.2, -0.15) is 11.8 Å². The van der Waals surface area contributed by atoms with Crippen LogP contribution in [0.4, 0.5) is 0 Å². The molecule has 0 aliphatic heterocycles. The lowest BCUT2D eigenvalue weighted by molar-refractivity contribution is 0.893. The molecule has 1 atom stereocenters. The summed E-state index contributed by atoms with van der Waals surface area (Å²) in [6, 6.07) is 0. The highest BCUT2D eigenvalue weighted by Gasteiger charge is 2.05. The van der Waals surface area contributed by atoms with Crippen LogP contribution in [0.1, 0.15) is 44.3 Å². The summed E-state index contributed by atoms with van der Waals surface area (Å²) in [4.78, 5) is 7.80. The molecule has 0 spiro atoms. The van der Waals surface area contributed by atoms with Crippen LogP contribution in [-0.2, 0) is 12.2 Å². The number of H-pyrrole nitrogens is 1. The molecule has 0 bridgehead atoms. The first kappa shape index (κ1) is 13.7. The van der Waals surface area contributed by atoms with Crippen molar-refractivity contribution >= 4 is 24.0 Å². The van der Waals surface area contributed by atoms with E-state index in [1.165, 1.54) is 17.7 Å². The predicted molar refractivity (Wildman–Crippen MR) is 74.6 cm³/mol. The summed E-state index contributed by atoms with van der Waals surface area (Å²) in [6.07, 6.45) is 2.14. The number of nitrogens with one attached hydrogen (secondary N) is 1. The van der Waals surface area contributed by atoms with Crippen molar-refractivity contribution in [1.29, 1.82) is 0 Å². The van der Waals surface area contributed by atoms with Crippen molar-refractivity contribution in [2.75, 3.05) is 0 Å². The molecule has 1 aromatic heterocycles. The van der Waals surface area contributed by atoms with Crippen molar-refractivity contribution in [3.05, 3.63) is 21.7 Å². The highest BCUT2D eigenvalue weighted by Crippen LogP contribution is 2.18. The average Bonchev–Trinajstić information content (AvgIpc) is 2.25. The molecule has 2 nitrogen and oxygen atoms in total. The van der Waals surface area contributed by atoms with Gasteiger partial charge in [0.05, 0.1) is 5.75 Å². The van der Waals surface area contributed by atoms with Crippen LogP contribution in [0.15, 0.2) is 0 Å². The summed E-state index contributed by atoms with van der Waals surface area (Å²) < 4.78 is 0.763. The van der Waals surface area contributed by atoms with Crippen LogP contribution >= 0.6 is 24.0 Å². The zero-order chi connectivity index (χ0) is 12.1. The number of aryl methyl sites for hydroxylation is 1. The Balaban J connectivity index is 2.80. The molecule has 0 fully saturated rings. The molecule has 0 amide bonds. The van der Waals surface area contributed by atoms with Gasteiger partial charge in [-0.15, -0.1) is 0 Å². The van der Waals surface area contributed by atoms with Crippen molar-refractivity contribution in [1.82, 2.24) is 9.97 Å². The Morgan fingerprint density at radius 3 is 2.62 bits per heavy atom. The number of rotatable bonds is 5. The minimum Gasteiger partial charge on any atom is -0.346 e. The van der Waals surface area contributed by atoms with Crippen LogP contribution < -0.4 is 0 Å². The maximum Gasteiger partial charge on any atom is 0.133 e. The normalized spacial score (nSPS) is 12.8. The first-order valence-corrected chi connectivity index (χ1v) is 7.24. The van der Waals surface area contributed by atoms with Crippen LogP contribution in [0.3, 0.4) is 0 Å². The van der Waals surface area contributed by atoms with E-state index in [-0.39, 0.29) is 0 Å². The minimum absolute atomic E-state index is 0.676. The van der Waals surface area contributed by atoms with Crippen LogP contribution in [0, 0.1) is 11.6 Å². The highest BCUT2D eigenvalue weighted by atomic mass is 32.2. The molecular weight excluding hydrogens is 236 g/mol. The van der Waals surface area contributed by atoms with E-state index in [2.05, 4.69) is 37.7 Å². The van der Waals surface area contributed by atoms with Crippen molar-refractivity contribution in [2.45, 2.75) is 51.5 Å². The van der Waals surface area contributed by atoms with Gasteiger partial charge in [-0.1, -0.05) is 33.0 Å². The van der Waals surface area contributed by atoms with Gasteiger partial charge >= 0.3 is 0 Å². The highest BCUT2D eigenvalue weighted by molar-refractivity contribution is 7.99. The fourth-order valence-electron chi connectivity index (χ4n) is 1.49. The molecule has 4 heteroatoms. The third kappa shape index (κ3) is 3.59. The molecule has 16 heavy (non-hydrogen) atoms. The standard InChI is InChI=1S/C12H20N2S2/c1-5-8(3)16-7-11-13-9(4)10(6-2)12(15)14-11/h8H,5-7H2,1-4H3,(H,13,14,15). The minimum atomic E-state index is 0.676. The summed E-state index contributed by atoms with van der Waals surface area (Å²) >= 11 is 7.21. The molecule has 1 N–H and O–H groups in total. The summed E-state index contributed by atoms with van der Waals surface area (Å²) in [7, 11) is 0. The Kier molecular flexibility index (Phi) is 5.49. The molecule has 0 aliphatic carbocycles. The first-order valence-electron chi connectivity index (χ1n) is 5.78. The number of hydrogen-bond donors (Lipinski definition) is 1. The van der Waals surface area contributed by atoms with Crippen molar-refractivity contribution in [3.63, 3.8) is 0 Å². The first-order chi connectivity index (χ1) is 7.58. The lowest BCUT2D eigenvalue weighted by atomic mass is 10.2. The van der Waals surface area contributed by atoms with E-state index < -0.39 is 0 Å². The van der Waals surface area contributed by atoms with E-state index in [9.17, 15) is 0 Å². The summed E-state index contributed by atoms with van der Waals surface area (Å²) in [6.45, 7) is 8.64. The molecule has 1 rings (SSSR count). The average molecular weight is 256 g/mol. The quantitative estimate of drug-likeness (QED) is 0.806. The summed E-state index contributed by atoms with van der Waals surface area (Å²) in [5.41, 5.74) is 2.34. The van der Waals surface area contributed by atoms with E-state index in [0.717, 1.165) is 22.6 Å². The molecule has 1 heterocycles. The molecule has 90 valence electrons. The van der Waals surface area contributed by atoms with E-state index in [0.29, 0.717) is 5.25 Å². The SMILES string of the molecule is CCc1c(C)[nH]c(CSC(C)CC)nc1=S. The van der Waals surface area contributed by atoms with Gasteiger partial charge in [0.15, 0.2) is 0 Å². The molecular formula is C12H20N2S2. The maximum absolute atomic E-state index is 5.29. The van der Waals surface area contributed by atoms with Gasteiger partial charge in [0.2, 0.25) is 0 Å². The Morgan fingerprint density at radius 1 is 1.44 bits per heavy atom. The van der Waals surface area contributed by atoms with E-state index >= 15 is 0 Å². The lowest BCUT2D eigenvalue weighted by Gasteiger charge is -2.10. The van der Waals surface area contributed by atoms with E-state index in [1.807, 2.05) is 11.8 Å². The van der Waals surface area contributed by atoms with Gasteiger partial charge in [-0.05, 0) is 19.8 Å². The van der Waals surface area contributed by atoms with Gasteiger partial charge in [-0.25, -0.2) is 4.98 Å². The molecule has 0 aliphatic rings. The third-order valence-electron chi connectivity index (χ3n) is 2.71. The maximum atomic E-state index is 5.29. The van der Waals surface area contributed by atoms with Gasteiger partial charge in [0, 0.05) is 16.5 Å². The predicted octanol–water partition coefficient (Wildman–Crippen LogP) is 4.04. The van der Waals surface area contributed by atoms with Gasteiger partial charge in [0.25, 0.3) is 0 Å². The summed E-state index contributed by atoms with van der Waals surface area (Å²) in [5, 5.41) is 0.676. The smallest absolute Gasteiger partial charge is 0.133 e. The fraction of sp³-hybridized carbons (Fsp3) is 0.667. The monoisotopic (exact) mass is 256 g/mol. The number of thioether (sulfide) groups is 1. The Labute approximate surface area is 107 Å². The molecule has 0 saturated heterocycles. The van der Waals surface area contributed by atoms with Gasteiger partial charge in [0.1, 0.15) is 10.5 Å².